The molecule has 3 aliphatic heterocycles. The van der Waals surface area contributed by atoms with Gasteiger partial charge in [-0.1, -0.05) is 55.5 Å². The van der Waals surface area contributed by atoms with E-state index in [0.29, 0.717) is 41.2 Å². The first-order valence-electron chi connectivity index (χ1n) is 16.0. The molecule has 0 bridgehead atoms. The number of hydrogen-bond donors (Lipinski definition) is 2. The first-order chi connectivity index (χ1) is 23.0. The van der Waals surface area contributed by atoms with Gasteiger partial charge in [-0.05, 0) is 53.4 Å². The van der Waals surface area contributed by atoms with Crippen LogP contribution in [-0.2, 0) is 49.0 Å². The summed E-state index contributed by atoms with van der Waals surface area (Å²) in [6.07, 6.45) is 3.38. The zero-order valence-corrected chi connectivity index (χ0v) is 27.2. The highest BCUT2D eigenvalue weighted by atomic mass is 16.6. The first kappa shape index (κ1) is 32.9. The number of nitrogens with zero attached hydrogens (tertiary/aromatic N) is 3. The smallest absolute Gasteiger partial charge is 0.304 e. The van der Waals surface area contributed by atoms with Crippen molar-refractivity contribution in [1.82, 2.24) is 4.90 Å². The zero-order valence-electron chi connectivity index (χ0n) is 27.2. The van der Waals surface area contributed by atoms with Gasteiger partial charge in [0.2, 0.25) is 11.8 Å². The number of amides is 3. The number of rotatable bonds is 10. The van der Waals surface area contributed by atoms with Gasteiger partial charge in [-0.3, -0.25) is 24.1 Å². The molecule has 0 aliphatic carbocycles. The Morgan fingerprint density at radius 2 is 1.81 bits per heavy atom. The molecule has 3 aromatic rings. The van der Waals surface area contributed by atoms with E-state index < -0.39 is 29.6 Å². The highest BCUT2D eigenvalue weighted by molar-refractivity contribution is 6.07. The third kappa shape index (κ3) is 5.95. The number of ether oxygens (including phenoxy) is 2. The van der Waals surface area contributed by atoms with Gasteiger partial charge >= 0.3 is 5.97 Å². The van der Waals surface area contributed by atoms with Crippen molar-refractivity contribution in [2.24, 2.45) is 5.92 Å². The van der Waals surface area contributed by atoms with Crippen LogP contribution in [-0.4, -0.2) is 64.8 Å². The first-order valence-corrected chi connectivity index (χ1v) is 16.0. The fraction of sp³-hybridized carbons (Fsp3) is 0.351. The van der Waals surface area contributed by atoms with Crippen molar-refractivity contribution < 1.29 is 38.9 Å². The van der Waals surface area contributed by atoms with Crippen molar-refractivity contribution in [3.8, 4) is 5.75 Å². The number of anilines is 2. The number of fused-ring (bicyclic) bond motifs is 2. The molecule has 1 saturated heterocycles. The normalized spacial score (nSPS) is 22.3. The quantitative estimate of drug-likeness (QED) is 0.193. The van der Waals surface area contributed by atoms with Crippen LogP contribution in [0, 0.1) is 5.92 Å². The topological polar surface area (TPSA) is 137 Å². The number of aliphatic hydroxyl groups excluding tert-OH is 1. The second kappa shape index (κ2) is 13.2. The highest BCUT2D eigenvalue weighted by Crippen LogP contribution is 2.47. The lowest BCUT2D eigenvalue weighted by atomic mass is 9.82. The molecule has 0 radical (unpaired) electrons. The Kier molecular flexibility index (Phi) is 9.09. The second-order valence-corrected chi connectivity index (χ2v) is 12.5. The van der Waals surface area contributed by atoms with Gasteiger partial charge in [0.15, 0.2) is 11.8 Å². The van der Waals surface area contributed by atoms with Crippen LogP contribution in [0.3, 0.4) is 0 Å². The van der Waals surface area contributed by atoms with Gasteiger partial charge in [-0.25, -0.2) is 0 Å². The van der Waals surface area contributed by atoms with Gasteiger partial charge in [-0.15, -0.1) is 0 Å². The second-order valence-electron chi connectivity index (χ2n) is 12.5. The van der Waals surface area contributed by atoms with E-state index in [0.717, 1.165) is 11.1 Å². The number of carbonyl (C=O) groups is 4. The molecule has 6 rings (SSSR count). The molecule has 2 N–H and O–H groups in total. The summed E-state index contributed by atoms with van der Waals surface area (Å²) in [5, 5.41) is 22.2. The van der Waals surface area contributed by atoms with E-state index in [1.165, 1.54) is 23.8 Å². The van der Waals surface area contributed by atoms with Crippen LogP contribution in [0.5, 0.6) is 5.75 Å². The van der Waals surface area contributed by atoms with Crippen molar-refractivity contribution in [2.75, 3.05) is 23.5 Å². The van der Waals surface area contributed by atoms with Gasteiger partial charge in [0.25, 0.3) is 5.91 Å². The molecule has 0 saturated carbocycles. The molecule has 4 atom stereocenters. The summed E-state index contributed by atoms with van der Waals surface area (Å²) in [6, 6.07) is 19.7. The van der Waals surface area contributed by atoms with Crippen LogP contribution in [0.25, 0.3) is 0 Å². The van der Waals surface area contributed by atoms with E-state index in [2.05, 4.69) is 0 Å². The Balaban J connectivity index is 1.21. The summed E-state index contributed by atoms with van der Waals surface area (Å²) in [7, 11) is 1.51. The lowest BCUT2D eigenvalue weighted by Gasteiger charge is -2.39. The minimum absolute atomic E-state index is 0.0400. The Morgan fingerprint density at radius 3 is 2.52 bits per heavy atom. The van der Waals surface area contributed by atoms with Gasteiger partial charge in [0.05, 0.1) is 38.4 Å². The minimum atomic E-state index is -1.95. The largest absolute Gasteiger partial charge is 0.497 e. The Labute approximate surface area is 279 Å². The van der Waals surface area contributed by atoms with Gasteiger partial charge in [0.1, 0.15) is 5.75 Å². The maximum absolute atomic E-state index is 14.2. The van der Waals surface area contributed by atoms with Crippen molar-refractivity contribution in [3.63, 3.8) is 0 Å². The van der Waals surface area contributed by atoms with Crippen LogP contribution in [0.15, 0.2) is 78.9 Å². The van der Waals surface area contributed by atoms with E-state index in [1.807, 2.05) is 30.3 Å². The lowest BCUT2D eigenvalue weighted by Crippen LogP contribution is -2.54. The number of β-lactam (4-membered cyclic amide) rings is 1. The zero-order chi connectivity index (χ0) is 34.2. The predicted octanol–water partition coefficient (Wildman–Crippen LogP) is 3.58. The molecule has 11 heteroatoms. The number of carbonyl (C=O) groups excluding carboxylic acids is 4. The molecule has 3 aromatic carbocycles. The van der Waals surface area contributed by atoms with Crippen molar-refractivity contribution in [2.45, 2.75) is 64.1 Å². The third-order valence-corrected chi connectivity index (χ3v) is 9.48. The van der Waals surface area contributed by atoms with Crippen LogP contribution in [0.1, 0.15) is 48.9 Å². The molecule has 48 heavy (non-hydrogen) atoms. The Bertz CT molecular complexity index is 1790. The summed E-state index contributed by atoms with van der Waals surface area (Å²) in [5.41, 5.74) is 2.35. The summed E-state index contributed by atoms with van der Waals surface area (Å²) in [6.45, 7) is 3.38. The van der Waals surface area contributed by atoms with E-state index in [4.69, 9.17) is 9.47 Å². The van der Waals surface area contributed by atoms with Crippen LogP contribution in [0.2, 0.25) is 0 Å². The van der Waals surface area contributed by atoms with Crippen molar-refractivity contribution in [3.05, 3.63) is 101 Å². The number of aliphatic hydroxyl groups is 2. The molecule has 3 heterocycles. The summed E-state index contributed by atoms with van der Waals surface area (Å²) >= 11 is 0. The van der Waals surface area contributed by atoms with Gasteiger partial charge < -0.3 is 29.5 Å². The Hall–Kier alpha value is -5.00. The van der Waals surface area contributed by atoms with E-state index >= 15 is 0 Å². The summed E-state index contributed by atoms with van der Waals surface area (Å²) in [5.74, 6) is -1.61. The van der Waals surface area contributed by atoms with Gasteiger partial charge in [-0.2, -0.15) is 0 Å². The van der Waals surface area contributed by atoms with Crippen molar-refractivity contribution >= 4 is 35.1 Å². The fourth-order valence-electron chi connectivity index (χ4n) is 6.85. The molecule has 0 spiro atoms. The average molecular weight is 654 g/mol. The number of esters is 1. The average Bonchev–Trinajstić information content (AvgIpc) is 3.29. The summed E-state index contributed by atoms with van der Waals surface area (Å²) in [4.78, 5) is 56.0. The fourth-order valence-corrected chi connectivity index (χ4v) is 6.85. The minimum Gasteiger partial charge on any atom is -0.497 e. The Morgan fingerprint density at radius 1 is 1.04 bits per heavy atom. The molecule has 3 amide bonds. The summed E-state index contributed by atoms with van der Waals surface area (Å²) < 4.78 is 10.7. The van der Waals surface area contributed by atoms with Crippen LogP contribution in [0.4, 0.5) is 11.4 Å². The van der Waals surface area contributed by atoms with Crippen LogP contribution >= 0.6 is 0 Å². The molecule has 1 fully saturated rings. The number of methoxy groups -OCH3 is 1. The SMILES string of the molecule is COc1ccc2c(c1)[C@](O)([C@@H](C)/C=C/CC(=O)N1Cc3ccccc3C[C@H]1CO)C(=O)N2Cc1cccc(N2C(=O)CC2OC(C)=O)c1. The van der Waals surface area contributed by atoms with Crippen molar-refractivity contribution in [1.29, 1.82) is 0 Å². The molecule has 3 aliphatic rings. The molecular formula is C37H39N3O8. The molecular weight excluding hydrogens is 614 g/mol. The molecule has 250 valence electrons. The number of benzene rings is 3. The van der Waals surface area contributed by atoms with E-state index in [9.17, 15) is 29.4 Å². The molecule has 0 aromatic heterocycles. The maximum Gasteiger partial charge on any atom is 0.304 e. The predicted molar refractivity (Wildman–Crippen MR) is 177 cm³/mol. The molecule has 11 nitrogen and oxygen atoms in total. The van der Waals surface area contributed by atoms with Gasteiger partial charge in [0, 0.05) is 37.1 Å². The van der Waals surface area contributed by atoms with Crippen LogP contribution < -0.4 is 14.5 Å². The number of hydrogen-bond acceptors (Lipinski definition) is 8. The molecule has 1 unspecified atom stereocenters. The monoisotopic (exact) mass is 653 g/mol. The van der Waals surface area contributed by atoms with E-state index in [1.54, 1.807) is 60.4 Å². The lowest BCUT2D eigenvalue weighted by molar-refractivity contribution is -0.154. The maximum atomic E-state index is 14.2. The standard InChI is InChI=1S/C37H39N3O8/c1-23(8-6-13-33(43)38-21-27-11-5-4-10-26(27)17-29(38)22-41)37(46)31-18-30(47-3)14-15-32(31)39(36(37)45)20-25-9-7-12-28(16-25)40-34(44)19-35(40)48-24(2)42/h4-12,14-16,18,23,29,35,41,46H,13,17,19-22H2,1-3H3/b8-6+/t23-,29-,35?,37+/m0/s1. The third-order valence-electron chi connectivity index (χ3n) is 9.48. The van der Waals surface area contributed by atoms with E-state index in [-0.39, 0.29) is 43.8 Å². The highest BCUT2D eigenvalue weighted by Gasteiger charge is 2.53.